The molecule has 4 heterocycles. The van der Waals surface area contributed by atoms with Crippen LogP contribution in [-0.4, -0.2) is 60.6 Å². The van der Waals surface area contributed by atoms with E-state index < -0.39 is 17.6 Å². The van der Waals surface area contributed by atoms with Crippen molar-refractivity contribution in [1.29, 1.82) is 0 Å². The van der Waals surface area contributed by atoms with E-state index in [1.807, 2.05) is 24.3 Å². The first kappa shape index (κ1) is 25.0. The highest BCUT2D eigenvalue weighted by atomic mass is 19.4. The molecule has 2 aliphatic rings. The van der Waals surface area contributed by atoms with Gasteiger partial charge in [0.1, 0.15) is 5.69 Å². The number of likely N-dealkylation sites (tertiary alicyclic amines) is 1. The normalized spacial score (nSPS) is 16.6. The smallest absolute Gasteiger partial charge is 0.337 e. The Kier molecular flexibility index (Phi) is 6.04. The fourth-order valence-electron chi connectivity index (χ4n) is 5.56. The van der Waals surface area contributed by atoms with E-state index in [2.05, 4.69) is 10.1 Å². The maximum atomic E-state index is 13.4. The molecule has 1 N–H and O–H groups in total. The first-order chi connectivity index (χ1) is 18.7. The van der Waals surface area contributed by atoms with Crippen molar-refractivity contribution in [1.82, 2.24) is 29.1 Å². The van der Waals surface area contributed by atoms with Gasteiger partial charge in [-0.15, -0.1) is 0 Å². The number of hydrogen-bond donors (Lipinski definition) is 1. The van der Waals surface area contributed by atoms with Crippen molar-refractivity contribution in [2.75, 3.05) is 19.6 Å². The van der Waals surface area contributed by atoms with Gasteiger partial charge in [-0.2, -0.15) is 18.3 Å². The van der Waals surface area contributed by atoms with Crippen LogP contribution < -0.4 is 5.69 Å². The number of hydrogen-bond acceptors (Lipinski definition) is 4. The Morgan fingerprint density at radius 3 is 2.46 bits per heavy atom. The van der Waals surface area contributed by atoms with Crippen LogP contribution in [0.3, 0.4) is 0 Å². The van der Waals surface area contributed by atoms with Crippen molar-refractivity contribution in [2.24, 2.45) is 0 Å². The Balaban J connectivity index is 1.15. The number of para-hydroxylation sites is 2. The molecule has 1 fully saturated rings. The molecule has 0 atom stereocenters. The molecule has 0 saturated carbocycles. The molecule has 0 aliphatic carbocycles. The van der Waals surface area contributed by atoms with Crippen LogP contribution in [0.1, 0.15) is 51.0 Å². The van der Waals surface area contributed by atoms with Gasteiger partial charge in [0.25, 0.3) is 11.8 Å². The van der Waals surface area contributed by atoms with Crippen molar-refractivity contribution in [3.05, 3.63) is 87.6 Å². The fraction of sp³-hybridized carbons (Fsp3) is 0.333. The van der Waals surface area contributed by atoms with Gasteiger partial charge in [0, 0.05) is 38.3 Å². The summed E-state index contributed by atoms with van der Waals surface area (Å²) < 4.78 is 43.5. The lowest BCUT2D eigenvalue weighted by atomic mass is 10.0. The van der Waals surface area contributed by atoms with Crippen LogP contribution in [0.4, 0.5) is 13.2 Å². The highest BCUT2D eigenvalue weighted by Gasteiger charge is 2.35. The second kappa shape index (κ2) is 9.44. The van der Waals surface area contributed by atoms with Gasteiger partial charge < -0.3 is 14.8 Å². The lowest BCUT2D eigenvalue weighted by Gasteiger charge is -2.32. The Hall–Kier alpha value is -4.35. The second-order valence-electron chi connectivity index (χ2n) is 9.86. The van der Waals surface area contributed by atoms with Crippen LogP contribution in [0.2, 0.25) is 0 Å². The number of H-pyrrole nitrogens is 1. The van der Waals surface area contributed by atoms with Crippen molar-refractivity contribution in [3.8, 4) is 0 Å². The molecule has 0 unspecified atom stereocenters. The summed E-state index contributed by atoms with van der Waals surface area (Å²) >= 11 is 0. The summed E-state index contributed by atoms with van der Waals surface area (Å²) in [5.74, 6) is -0.786. The number of carbonyl (C=O) groups excluding carboxylic acids is 2. The third-order valence-electron chi connectivity index (χ3n) is 7.51. The fourth-order valence-corrected chi connectivity index (χ4v) is 5.56. The van der Waals surface area contributed by atoms with E-state index in [1.165, 1.54) is 33.8 Å². The van der Waals surface area contributed by atoms with Crippen LogP contribution in [0.5, 0.6) is 0 Å². The van der Waals surface area contributed by atoms with Gasteiger partial charge in [-0.25, -0.2) is 4.79 Å². The lowest BCUT2D eigenvalue weighted by molar-refractivity contribution is -0.138. The molecule has 4 aromatic rings. The minimum atomic E-state index is -4.52. The molecule has 202 valence electrons. The van der Waals surface area contributed by atoms with E-state index >= 15 is 0 Å². The van der Waals surface area contributed by atoms with Crippen LogP contribution >= 0.6 is 0 Å². The highest BCUT2D eigenvalue weighted by Crippen LogP contribution is 2.33. The van der Waals surface area contributed by atoms with Gasteiger partial charge in [-0.3, -0.25) is 18.8 Å². The number of halogens is 3. The van der Waals surface area contributed by atoms with Crippen molar-refractivity contribution in [2.45, 2.75) is 38.1 Å². The number of piperidine rings is 1. The standard InChI is InChI=1S/C27H25F3N6O3/c28-27(29,30)19-6-2-1-5-17(19)16-34-13-14-35-23(25(34)38)15-21(32-35)24(37)33-11-9-18(10-12-33)36-22-8-4-3-7-20(22)31-26(36)39/h1-8,15,18H,9-14,16H2,(H,31,39). The average molecular weight is 539 g/mol. The zero-order valence-electron chi connectivity index (χ0n) is 20.8. The van der Waals surface area contributed by atoms with Gasteiger partial charge in [0.2, 0.25) is 0 Å². The lowest BCUT2D eigenvalue weighted by Crippen LogP contribution is -2.40. The maximum Gasteiger partial charge on any atom is 0.416 e. The van der Waals surface area contributed by atoms with Crippen LogP contribution in [-0.2, 0) is 19.3 Å². The predicted molar refractivity (Wildman–Crippen MR) is 135 cm³/mol. The molecule has 9 nitrogen and oxygen atoms in total. The number of nitrogens with zero attached hydrogens (tertiary/aromatic N) is 5. The average Bonchev–Trinajstić information content (AvgIpc) is 3.51. The Labute approximate surface area is 220 Å². The number of rotatable bonds is 4. The minimum Gasteiger partial charge on any atom is -0.337 e. The Morgan fingerprint density at radius 2 is 1.69 bits per heavy atom. The number of aromatic amines is 1. The van der Waals surface area contributed by atoms with Gasteiger partial charge >= 0.3 is 11.9 Å². The largest absolute Gasteiger partial charge is 0.416 e. The molecule has 2 aliphatic heterocycles. The maximum absolute atomic E-state index is 13.4. The van der Waals surface area contributed by atoms with E-state index in [4.69, 9.17) is 0 Å². The summed E-state index contributed by atoms with van der Waals surface area (Å²) in [6.07, 6.45) is -3.34. The van der Waals surface area contributed by atoms with Crippen molar-refractivity contribution >= 4 is 22.8 Å². The second-order valence-corrected chi connectivity index (χ2v) is 9.86. The number of imidazole rings is 1. The number of carbonyl (C=O) groups is 2. The number of aromatic nitrogens is 4. The third-order valence-corrected chi connectivity index (χ3v) is 7.51. The monoisotopic (exact) mass is 538 g/mol. The van der Waals surface area contributed by atoms with E-state index in [1.54, 1.807) is 9.47 Å². The molecule has 0 bridgehead atoms. The molecule has 2 aromatic carbocycles. The molecule has 12 heteroatoms. The minimum absolute atomic E-state index is 0.0137. The third kappa shape index (κ3) is 4.49. The number of amides is 2. The van der Waals surface area contributed by atoms with E-state index in [9.17, 15) is 27.6 Å². The number of nitrogens with one attached hydrogen (secondary N) is 1. The first-order valence-corrected chi connectivity index (χ1v) is 12.7. The van der Waals surface area contributed by atoms with Gasteiger partial charge in [-0.05, 0) is 36.6 Å². The molecule has 2 amide bonds. The van der Waals surface area contributed by atoms with E-state index in [-0.39, 0.29) is 54.2 Å². The molecule has 1 saturated heterocycles. The summed E-state index contributed by atoms with van der Waals surface area (Å²) in [6, 6.07) is 14.0. The summed E-state index contributed by atoms with van der Waals surface area (Å²) in [5.41, 5.74) is 0.961. The van der Waals surface area contributed by atoms with Crippen LogP contribution in [0, 0.1) is 0 Å². The zero-order chi connectivity index (χ0) is 27.3. The topological polar surface area (TPSA) is 96.2 Å². The van der Waals surface area contributed by atoms with Crippen LogP contribution in [0.25, 0.3) is 11.0 Å². The summed E-state index contributed by atoms with van der Waals surface area (Å²) in [4.78, 5) is 44.8. The van der Waals surface area contributed by atoms with Gasteiger partial charge in [0.15, 0.2) is 5.69 Å². The molecule has 0 radical (unpaired) electrons. The molecule has 0 spiro atoms. The summed E-state index contributed by atoms with van der Waals surface area (Å²) in [7, 11) is 0. The number of benzene rings is 2. The number of alkyl halides is 3. The molecular weight excluding hydrogens is 513 g/mol. The highest BCUT2D eigenvalue weighted by molar-refractivity contribution is 5.98. The Morgan fingerprint density at radius 1 is 0.974 bits per heavy atom. The van der Waals surface area contributed by atoms with Crippen LogP contribution in [0.15, 0.2) is 59.4 Å². The SMILES string of the molecule is O=C(c1cc2n(n1)CCN(Cc1ccccc1C(F)(F)F)C2=O)N1CCC(n2c(=O)[nH]c3ccccc32)CC1. The molecule has 2 aromatic heterocycles. The Bertz CT molecular complexity index is 1630. The first-order valence-electron chi connectivity index (χ1n) is 12.7. The zero-order valence-corrected chi connectivity index (χ0v) is 20.8. The summed E-state index contributed by atoms with van der Waals surface area (Å²) in [6.45, 7) is 1.10. The van der Waals surface area contributed by atoms with Gasteiger partial charge in [-0.1, -0.05) is 30.3 Å². The van der Waals surface area contributed by atoms with E-state index in [0.29, 0.717) is 25.9 Å². The molecule has 6 rings (SSSR count). The quantitative estimate of drug-likeness (QED) is 0.429. The van der Waals surface area contributed by atoms with Gasteiger partial charge in [0.05, 0.1) is 23.1 Å². The molecule has 39 heavy (non-hydrogen) atoms. The van der Waals surface area contributed by atoms with Crippen molar-refractivity contribution < 1.29 is 22.8 Å². The van der Waals surface area contributed by atoms with Crippen molar-refractivity contribution in [3.63, 3.8) is 0 Å². The molecular formula is C27H25F3N6O3. The number of fused-ring (bicyclic) bond motifs is 2. The predicted octanol–water partition coefficient (Wildman–Crippen LogP) is 3.68. The summed E-state index contributed by atoms with van der Waals surface area (Å²) in [5, 5.41) is 4.34. The van der Waals surface area contributed by atoms with E-state index in [0.717, 1.165) is 17.1 Å².